The predicted molar refractivity (Wildman–Crippen MR) is 106 cm³/mol. The number of nitrogens with zero attached hydrogens (tertiary/aromatic N) is 1. The molecular weight excluding hydrogens is 372 g/mol. The lowest BCUT2D eigenvalue weighted by atomic mass is 10.1. The van der Waals surface area contributed by atoms with Gasteiger partial charge in [0.25, 0.3) is 5.91 Å². The van der Waals surface area contributed by atoms with Crippen LogP contribution in [0.5, 0.6) is 0 Å². The zero-order chi connectivity index (χ0) is 19.1. The first-order valence-corrected chi connectivity index (χ1v) is 9.40. The van der Waals surface area contributed by atoms with Gasteiger partial charge in [-0.15, -0.1) is 0 Å². The fourth-order valence-electron chi connectivity index (χ4n) is 2.35. The molecule has 1 aromatic carbocycles. The Hall–Kier alpha value is -2.19. The third-order valence-corrected chi connectivity index (χ3v) is 5.18. The molecular formula is C18H20N2O4S2. The Bertz CT molecular complexity index is 761. The lowest BCUT2D eigenvalue weighted by molar-refractivity contribution is -0.137. The van der Waals surface area contributed by atoms with Gasteiger partial charge in [0.15, 0.2) is 0 Å². The predicted octanol–water partition coefficient (Wildman–Crippen LogP) is 2.57. The van der Waals surface area contributed by atoms with Crippen LogP contribution in [0.2, 0.25) is 0 Å². The highest BCUT2D eigenvalue weighted by Crippen LogP contribution is 2.33. The van der Waals surface area contributed by atoms with E-state index in [2.05, 4.69) is 5.32 Å². The zero-order valence-electron chi connectivity index (χ0n) is 14.4. The molecule has 2 rings (SSSR count). The lowest BCUT2D eigenvalue weighted by Crippen LogP contribution is -2.33. The molecule has 1 heterocycles. The van der Waals surface area contributed by atoms with E-state index < -0.39 is 5.97 Å². The number of hydrogen-bond acceptors (Lipinski definition) is 5. The topological polar surface area (TPSA) is 86.7 Å². The molecule has 0 aliphatic carbocycles. The van der Waals surface area contributed by atoms with Gasteiger partial charge in [-0.2, -0.15) is 0 Å². The summed E-state index contributed by atoms with van der Waals surface area (Å²) in [5, 5.41) is 11.2. The number of aliphatic carboxylic acids is 1. The molecule has 0 atom stereocenters. The van der Waals surface area contributed by atoms with Crippen molar-refractivity contribution in [2.75, 3.05) is 13.1 Å². The highest BCUT2D eigenvalue weighted by Gasteiger charge is 2.32. The van der Waals surface area contributed by atoms with Gasteiger partial charge in [0.2, 0.25) is 5.91 Å². The van der Waals surface area contributed by atoms with Crippen molar-refractivity contribution in [2.24, 2.45) is 0 Å². The number of thiocarbonyl (C=S) groups is 1. The number of benzene rings is 1. The second kappa shape index (κ2) is 9.49. The number of hydrogen-bond donors (Lipinski definition) is 2. The molecule has 0 spiro atoms. The van der Waals surface area contributed by atoms with E-state index in [9.17, 15) is 14.4 Å². The number of amides is 2. The third-order valence-electron chi connectivity index (χ3n) is 3.80. The summed E-state index contributed by atoms with van der Waals surface area (Å²) in [5.41, 5.74) is 2.03. The van der Waals surface area contributed by atoms with Crippen LogP contribution in [0.3, 0.4) is 0 Å². The molecule has 1 aliphatic heterocycles. The van der Waals surface area contributed by atoms with Gasteiger partial charge in [0, 0.05) is 25.9 Å². The minimum absolute atomic E-state index is 0.0126. The molecule has 1 saturated heterocycles. The van der Waals surface area contributed by atoms with Gasteiger partial charge >= 0.3 is 5.97 Å². The molecule has 0 aromatic heterocycles. The summed E-state index contributed by atoms with van der Waals surface area (Å²) in [5.74, 6) is -1.31. The standard InChI is InChI=1S/C18H20N2O4S2/c1-12-5-2-3-6-13(12)11-14-17(24)20(18(25)26-14)10-8-15(21)19-9-4-7-16(22)23/h2-3,5-6,11H,4,7-10H2,1H3,(H,19,21)(H,22,23)/b14-11-. The van der Waals surface area contributed by atoms with Crippen molar-refractivity contribution in [3.8, 4) is 0 Å². The van der Waals surface area contributed by atoms with Crippen molar-refractivity contribution >= 4 is 52.2 Å². The van der Waals surface area contributed by atoms with Crippen molar-refractivity contribution in [1.29, 1.82) is 0 Å². The SMILES string of the molecule is Cc1ccccc1/C=C1\SC(=S)N(CCC(=O)NCCCC(=O)O)C1=O. The molecule has 0 radical (unpaired) electrons. The minimum atomic E-state index is -0.891. The molecule has 0 unspecified atom stereocenters. The largest absolute Gasteiger partial charge is 0.481 e. The van der Waals surface area contributed by atoms with Gasteiger partial charge < -0.3 is 10.4 Å². The third kappa shape index (κ3) is 5.67. The number of nitrogens with one attached hydrogen (secondary N) is 1. The van der Waals surface area contributed by atoms with E-state index in [1.54, 1.807) is 0 Å². The number of aryl methyl sites for hydroxylation is 1. The maximum absolute atomic E-state index is 12.5. The number of carboxylic acids is 1. The summed E-state index contributed by atoms with van der Waals surface area (Å²) in [6, 6.07) is 7.76. The zero-order valence-corrected chi connectivity index (χ0v) is 16.0. The molecule has 1 aliphatic rings. The van der Waals surface area contributed by atoms with Crippen LogP contribution in [0.1, 0.15) is 30.4 Å². The molecule has 1 fully saturated rings. The van der Waals surface area contributed by atoms with Crippen LogP contribution in [0.25, 0.3) is 6.08 Å². The molecule has 2 amide bonds. The molecule has 26 heavy (non-hydrogen) atoms. The molecule has 138 valence electrons. The summed E-state index contributed by atoms with van der Waals surface area (Å²) in [4.78, 5) is 36.7. The first-order chi connectivity index (χ1) is 12.4. The second-order valence-corrected chi connectivity index (χ2v) is 7.46. The number of thioether (sulfide) groups is 1. The number of carbonyl (C=O) groups excluding carboxylic acids is 2. The van der Waals surface area contributed by atoms with E-state index in [1.807, 2.05) is 37.3 Å². The highest BCUT2D eigenvalue weighted by molar-refractivity contribution is 8.26. The van der Waals surface area contributed by atoms with Crippen LogP contribution in [0.15, 0.2) is 29.2 Å². The first-order valence-electron chi connectivity index (χ1n) is 8.18. The Labute approximate surface area is 161 Å². The van der Waals surface area contributed by atoms with Gasteiger partial charge in [-0.1, -0.05) is 48.2 Å². The van der Waals surface area contributed by atoms with Crippen LogP contribution in [0, 0.1) is 6.92 Å². The fraction of sp³-hybridized carbons (Fsp3) is 0.333. The maximum Gasteiger partial charge on any atom is 0.303 e. The van der Waals surface area contributed by atoms with Crippen LogP contribution in [-0.4, -0.2) is 45.2 Å². The summed E-state index contributed by atoms with van der Waals surface area (Å²) < 4.78 is 0.438. The van der Waals surface area contributed by atoms with E-state index in [4.69, 9.17) is 17.3 Å². The minimum Gasteiger partial charge on any atom is -0.481 e. The maximum atomic E-state index is 12.5. The second-order valence-electron chi connectivity index (χ2n) is 5.79. The summed E-state index contributed by atoms with van der Waals surface area (Å²) in [6.07, 6.45) is 2.33. The molecule has 8 heteroatoms. The quantitative estimate of drug-likeness (QED) is 0.402. The van der Waals surface area contributed by atoms with Crippen molar-refractivity contribution in [2.45, 2.75) is 26.2 Å². The van der Waals surface area contributed by atoms with E-state index in [-0.39, 0.29) is 31.2 Å². The van der Waals surface area contributed by atoms with Crippen molar-refractivity contribution in [3.63, 3.8) is 0 Å². The Balaban J connectivity index is 1.88. The molecule has 0 saturated carbocycles. The Morgan fingerprint density at radius 2 is 2.04 bits per heavy atom. The summed E-state index contributed by atoms with van der Waals surface area (Å²) in [7, 11) is 0. The monoisotopic (exact) mass is 392 g/mol. The van der Waals surface area contributed by atoms with E-state index in [0.29, 0.717) is 22.2 Å². The molecule has 1 aromatic rings. The smallest absolute Gasteiger partial charge is 0.303 e. The van der Waals surface area contributed by atoms with Gasteiger partial charge in [0.05, 0.1) is 4.91 Å². The van der Waals surface area contributed by atoms with Gasteiger partial charge in [-0.3, -0.25) is 19.3 Å². The highest BCUT2D eigenvalue weighted by atomic mass is 32.2. The lowest BCUT2D eigenvalue weighted by Gasteiger charge is -2.14. The number of rotatable bonds is 8. The number of carboxylic acid groups (broad SMARTS) is 1. The Kier molecular flexibility index (Phi) is 7.35. The average molecular weight is 393 g/mol. The number of carbonyl (C=O) groups is 3. The molecule has 0 bridgehead atoms. The van der Waals surface area contributed by atoms with E-state index in [0.717, 1.165) is 11.1 Å². The van der Waals surface area contributed by atoms with Gasteiger partial charge in [-0.25, -0.2) is 0 Å². The van der Waals surface area contributed by atoms with Crippen LogP contribution >= 0.6 is 24.0 Å². The molecule has 2 N–H and O–H groups in total. The van der Waals surface area contributed by atoms with E-state index >= 15 is 0 Å². The normalized spacial score (nSPS) is 15.6. The van der Waals surface area contributed by atoms with Crippen LogP contribution in [0.4, 0.5) is 0 Å². The van der Waals surface area contributed by atoms with Crippen molar-refractivity contribution in [1.82, 2.24) is 10.2 Å². The fourth-order valence-corrected chi connectivity index (χ4v) is 3.65. The Morgan fingerprint density at radius 1 is 1.31 bits per heavy atom. The van der Waals surface area contributed by atoms with Gasteiger partial charge in [-0.05, 0) is 30.5 Å². The summed E-state index contributed by atoms with van der Waals surface area (Å²) in [6.45, 7) is 2.48. The van der Waals surface area contributed by atoms with Crippen molar-refractivity contribution in [3.05, 3.63) is 40.3 Å². The average Bonchev–Trinajstić information content (AvgIpc) is 2.85. The molecule has 6 nitrogen and oxygen atoms in total. The Morgan fingerprint density at radius 3 is 2.73 bits per heavy atom. The summed E-state index contributed by atoms with van der Waals surface area (Å²) >= 11 is 6.49. The first kappa shape index (κ1) is 20.1. The van der Waals surface area contributed by atoms with Crippen LogP contribution in [-0.2, 0) is 14.4 Å². The van der Waals surface area contributed by atoms with E-state index in [1.165, 1.54) is 16.7 Å². The van der Waals surface area contributed by atoms with Gasteiger partial charge in [0.1, 0.15) is 4.32 Å². The van der Waals surface area contributed by atoms with Crippen LogP contribution < -0.4 is 5.32 Å². The van der Waals surface area contributed by atoms with Crippen molar-refractivity contribution < 1.29 is 19.5 Å².